The van der Waals surface area contributed by atoms with Gasteiger partial charge in [-0.25, -0.2) is 0 Å². The van der Waals surface area contributed by atoms with Gasteiger partial charge in [-0.05, 0) is 43.4 Å². The Morgan fingerprint density at radius 3 is 2.73 bits per heavy atom. The van der Waals surface area contributed by atoms with Crippen molar-refractivity contribution in [2.75, 3.05) is 33.2 Å². The van der Waals surface area contributed by atoms with Gasteiger partial charge in [0.05, 0.1) is 6.54 Å². The molecule has 4 N–H and O–H groups in total. The predicted octanol–water partition coefficient (Wildman–Crippen LogP) is 2.11. The van der Waals surface area contributed by atoms with Gasteiger partial charge in [-0.3, -0.25) is 14.7 Å². The summed E-state index contributed by atoms with van der Waals surface area (Å²) in [7, 11) is 1.80. The molecule has 0 spiro atoms. The average Bonchev–Trinajstić information content (AvgIpc) is 2.59. The Bertz CT molecular complexity index is 591. The fraction of sp³-hybridized carbons (Fsp3) is 0.556. The van der Waals surface area contributed by atoms with Crippen molar-refractivity contribution in [2.45, 2.75) is 31.7 Å². The Kier molecular flexibility index (Phi) is 11.1. The number of carbonyl (C=O) groups is 1. The lowest BCUT2D eigenvalue weighted by Crippen LogP contribution is -2.49. The van der Waals surface area contributed by atoms with Crippen molar-refractivity contribution < 1.29 is 4.79 Å². The third-order valence-electron chi connectivity index (χ3n) is 4.36. The number of benzene rings is 1. The number of piperidine rings is 1. The summed E-state index contributed by atoms with van der Waals surface area (Å²) in [6.45, 7) is 3.02. The molecule has 8 heteroatoms. The van der Waals surface area contributed by atoms with E-state index >= 15 is 0 Å². The quantitative estimate of drug-likeness (QED) is 0.215. The lowest BCUT2D eigenvalue weighted by molar-refractivity contribution is -0.119. The number of carbonyl (C=O) groups excluding carboxylic acids is 1. The topological polar surface area (TPSA) is 82.8 Å². The summed E-state index contributed by atoms with van der Waals surface area (Å²) in [6, 6.07) is 8.81. The van der Waals surface area contributed by atoms with E-state index in [0.29, 0.717) is 12.6 Å². The van der Waals surface area contributed by atoms with Crippen LogP contribution in [-0.2, 0) is 11.2 Å². The monoisotopic (exact) mass is 537 g/mol. The maximum Gasteiger partial charge on any atom is 0.231 e. The second-order valence-corrected chi connectivity index (χ2v) is 7.31. The lowest BCUT2D eigenvalue weighted by Gasteiger charge is -2.32. The zero-order valence-electron chi connectivity index (χ0n) is 15.2. The van der Waals surface area contributed by atoms with Crippen LogP contribution in [-0.4, -0.2) is 56.0 Å². The average molecular weight is 538 g/mol. The van der Waals surface area contributed by atoms with E-state index in [0.717, 1.165) is 55.7 Å². The molecule has 0 aromatic heterocycles. The molecular formula is C18H29BrIN5O. The third-order valence-corrected chi connectivity index (χ3v) is 4.85. The SMILES string of the molecule is CN=C(NCCCc1cccc(Br)c1)NC1CCN(CC(N)=O)CC1.I. The second-order valence-electron chi connectivity index (χ2n) is 6.39. The van der Waals surface area contributed by atoms with E-state index in [1.165, 1.54) is 5.56 Å². The number of nitrogens with two attached hydrogens (primary N) is 1. The lowest BCUT2D eigenvalue weighted by atomic mass is 10.1. The molecule has 1 aromatic rings. The van der Waals surface area contributed by atoms with Crippen LogP contribution in [0.3, 0.4) is 0 Å². The number of nitrogens with zero attached hydrogens (tertiary/aromatic N) is 2. The van der Waals surface area contributed by atoms with Crippen LogP contribution >= 0.6 is 39.9 Å². The molecule has 0 radical (unpaired) electrons. The van der Waals surface area contributed by atoms with E-state index < -0.39 is 0 Å². The van der Waals surface area contributed by atoms with Gasteiger partial charge < -0.3 is 16.4 Å². The maximum atomic E-state index is 11.0. The van der Waals surface area contributed by atoms with E-state index in [4.69, 9.17) is 5.73 Å². The molecule has 0 aliphatic carbocycles. The number of likely N-dealkylation sites (tertiary alicyclic amines) is 1. The number of aryl methyl sites for hydroxylation is 1. The summed E-state index contributed by atoms with van der Waals surface area (Å²) in [5, 5.41) is 6.86. The van der Waals surface area contributed by atoms with Crippen molar-refractivity contribution >= 4 is 51.8 Å². The number of rotatable bonds is 7. The van der Waals surface area contributed by atoms with E-state index in [-0.39, 0.29) is 29.9 Å². The van der Waals surface area contributed by atoms with Crippen molar-refractivity contribution in [3.63, 3.8) is 0 Å². The molecule has 0 atom stereocenters. The van der Waals surface area contributed by atoms with Gasteiger partial charge in [0.25, 0.3) is 0 Å². The highest BCUT2D eigenvalue weighted by molar-refractivity contribution is 14.0. The Morgan fingerprint density at radius 1 is 1.38 bits per heavy atom. The van der Waals surface area contributed by atoms with Gasteiger partial charge in [-0.2, -0.15) is 0 Å². The molecule has 26 heavy (non-hydrogen) atoms. The number of hydrogen-bond donors (Lipinski definition) is 3. The van der Waals surface area contributed by atoms with Crippen LogP contribution in [0.5, 0.6) is 0 Å². The molecule has 1 aliphatic rings. The minimum atomic E-state index is -0.255. The number of guanidine groups is 1. The van der Waals surface area contributed by atoms with Crippen molar-refractivity contribution in [1.82, 2.24) is 15.5 Å². The molecule has 1 amide bonds. The number of primary amides is 1. The first kappa shape index (κ1) is 23.2. The molecule has 0 saturated carbocycles. The van der Waals surface area contributed by atoms with Gasteiger partial charge in [0.2, 0.25) is 5.91 Å². The zero-order chi connectivity index (χ0) is 18.1. The molecular weight excluding hydrogens is 509 g/mol. The number of aliphatic imine (C=N–C) groups is 1. The third kappa shape index (κ3) is 8.68. The second kappa shape index (κ2) is 12.5. The normalized spacial score (nSPS) is 16.0. The molecule has 146 valence electrons. The van der Waals surface area contributed by atoms with Crippen LogP contribution in [0.1, 0.15) is 24.8 Å². The fourth-order valence-electron chi connectivity index (χ4n) is 3.04. The van der Waals surface area contributed by atoms with Crippen molar-refractivity contribution in [1.29, 1.82) is 0 Å². The van der Waals surface area contributed by atoms with Gasteiger partial charge in [-0.1, -0.05) is 28.1 Å². The van der Waals surface area contributed by atoms with E-state index in [9.17, 15) is 4.79 Å². The van der Waals surface area contributed by atoms with Crippen molar-refractivity contribution in [2.24, 2.45) is 10.7 Å². The Labute approximate surface area is 181 Å². The standard InChI is InChI=1S/C18H28BrN5O.HI/c1-21-18(22-9-3-5-14-4-2-6-15(19)12-14)23-16-7-10-24(11-8-16)13-17(20)25;/h2,4,6,12,16H,3,5,7-11,13H2,1H3,(H2,20,25)(H2,21,22,23);1H. The highest BCUT2D eigenvalue weighted by atomic mass is 127. The van der Waals surface area contributed by atoms with E-state index in [1.54, 1.807) is 7.05 Å². The van der Waals surface area contributed by atoms with Crippen molar-refractivity contribution in [3.8, 4) is 0 Å². The van der Waals surface area contributed by atoms with Gasteiger partial charge in [0, 0.05) is 37.2 Å². The van der Waals surface area contributed by atoms with Crippen LogP contribution in [0.15, 0.2) is 33.7 Å². The molecule has 0 unspecified atom stereocenters. The highest BCUT2D eigenvalue weighted by Crippen LogP contribution is 2.13. The maximum absolute atomic E-state index is 11.0. The van der Waals surface area contributed by atoms with Crippen LogP contribution in [0.25, 0.3) is 0 Å². The summed E-state index contributed by atoms with van der Waals surface area (Å²) in [4.78, 5) is 17.4. The molecule has 6 nitrogen and oxygen atoms in total. The molecule has 1 fully saturated rings. The molecule has 1 aromatic carbocycles. The Morgan fingerprint density at radius 2 is 2.12 bits per heavy atom. The largest absolute Gasteiger partial charge is 0.369 e. The number of halogens is 2. The predicted molar refractivity (Wildman–Crippen MR) is 121 cm³/mol. The summed E-state index contributed by atoms with van der Waals surface area (Å²) < 4.78 is 1.12. The smallest absolute Gasteiger partial charge is 0.231 e. The molecule has 1 saturated heterocycles. The summed E-state index contributed by atoms with van der Waals surface area (Å²) in [6.07, 6.45) is 4.07. The van der Waals surface area contributed by atoms with Gasteiger partial charge in [-0.15, -0.1) is 24.0 Å². The van der Waals surface area contributed by atoms with Crippen LogP contribution in [0.4, 0.5) is 0 Å². The Balaban J connectivity index is 0.00000338. The number of hydrogen-bond acceptors (Lipinski definition) is 3. The first-order chi connectivity index (χ1) is 12.1. The molecule has 1 aliphatic heterocycles. The van der Waals surface area contributed by atoms with E-state index in [1.807, 2.05) is 6.07 Å². The van der Waals surface area contributed by atoms with Crippen LogP contribution in [0, 0.1) is 0 Å². The van der Waals surface area contributed by atoms with Gasteiger partial charge in [0.1, 0.15) is 0 Å². The highest BCUT2D eigenvalue weighted by Gasteiger charge is 2.20. The first-order valence-electron chi connectivity index (χ1n) is 8.79. The van der Waals surface area contributed by atoms with Gasteiger partial charge >= 0.3 is 0 Å². The number of nitrogens with one attached hydrogen (secondary N) is 2. The summed E-state index contributed by atoms with van der Waals surface area (Å²) in [5.74, 6) is 0.594. The number of amides is 1. The van der Waals surface area contributed by atoms with Crippen molar-refractivity contribution in [3.05, 3.63) is 34.3 Å². The molecule has 1 heterocycles. The van der Waals surface area contributed by atoms with Crippen LogP contribution < -0.4 is 16.4 Å². The molecule has 2 rings (SSSR count). The molecule has 0 bridgehead atoms. The zero-order valence-corrected chi connectivity index (χ0v) is 19.1. The van der Waals surface area contributed by atoms with Crippen LogP contribution in [0.2, 0.25) is 0 Å². The minimum Gasteiger partial charge on any atom is -0.369 e. The first-order valence-corrected chi connectivity index (χ1v) is 9.58. The minimum absolute atomic E-state index is 0. The Hall–Kier alpha value is -0.870. The summed E-state index contributed by atoms with van der Waals surface area (Å²) >= 11 is 3.50. The van der Waals surface area contributed by atoms with Gasteiger partial charge in [0.15, 0.2) is 5.96 Å². The van der Waals surface area contributed by atoms with E-state index in [2.05, 4.69) is 54.7 Å². The fourth-order valence-corrected chi connectivity index (χ4v) is 3.48. The summed E-state index contributed by atoms with van der Waals surface area (Å²) in [5.41, 5.74) is 6.58.